The average molecular weight is 1110 g/mol. The molecule has 9 heteroatoms. The molecule has 0 radical (unpaired) electrons. The lowest BCUT2D eigenvalue weighted by molar-refractivity contribution is -0.870. The number of allylic oxidation sites excluding steroid dienone is 17. The van der Waals surface area contributed by atoms with Gasteiger partial charge in [0, 0.05) is 6.42 Å². The Morgan fingerprint density at radius 2 is 0.795 bits per heavy atom. The van der Waals surface area contributed by atoms with Gasteiger partial charge < -0.3 is 28.8 Å². The molecule has 0 aliphatic carbocycles. The fourth-order valence-electron chi connectivity index (χ4n) is 8.95. The fraction of sp³-hybridized carbons (Fsp3) is 0.725. The molecule has 450 valence electrons. The number of quaternary nitrogens is 1. The van der Waals surface area contributed by atoms with E-state index in [-0.39, 0.29) is 12.5 Å². The SMILES string of the molecule is CC/C=C\C/C=C\C/C=C\C/C=C\C/C=C\C/C=C\CCCCCCCCCCC(=O)NC(COP(=O)([O-])OCC[N+](C)(C)C)C(O)/C=C/CC/C=C/CC/C=C/CCCCCCCCCCCCCCCCCCCCC. The van der Waals surface area contributed by atoms with E-state index in [1.54, 1.807) is 6.08 Å². The molecular weight excluding hydrogens is 984 g/mol. The third kappa shape index (κ3) is 60.8. The van der Waals surface area contributed by atoms with Crippen molar-refractivity contribution in [2.45, 2.75) is 283 Å². The van der Waals surface area contributed by atoms with Crippen LogP contribution in [0.2, 0.25) is 0 Å². The van der Waals surface area contributed by atoms with E-state index in [4.69, 9.17) is 9.05 Å². The van der Waals surface area contributed by atoms with Crippen LogP contribution in [-0.2, 0) is 18.4 Å². The van der Waals surface area contributed by atoms with Crippen molar-refractivity contribution < 1.29 is 32.9 Å². The van der Waals surface area contributed by atoms with Crippen LogP contribution >= 0.6 is 7.82 Å². The number of unbranched alkanes of at least 4 members (excludes halogenated alkanes) is 29. The lowest BCUT2D eigenvalue weighted by Crippen LogP contribution is -2.45. The summed E-state index contributed by atoms with van der Waals surface area (Å²) in [6.45, 7) is 4.51. The highest BCUT2D eigenvalue weighted by Gasteiger charge is 2.23. The van der Waals surface area contributed by atoms with E-state index >= 15 is 0 Å². The second kappa shape index (κ2) is 58.8. The average Bonchev–Trinajstić information content (AvgIpc) is 3.41. The van der Waals surface area contributed by atoms with Crippen LogP contribution in [0.4, 0.5) is 0 Å². The number of rotatable bonds is 58. The number of hydrogen-bond acceptors (Lipinski definition) is 6. The quantitative estimate of drug-likeness (QED) is 0.0272. The second-order valence-electron chi connectivity index (χ2n) is 22.7. The zero-order valence-electron chi connectivity index (χ0n) is 51.3. The summed E-state index contributed by atoms with van der Waals surface area (Å²) >= 11 is 0. The molecule has 0 aromatic carbocycles. The van der Waals surface area contributed by atoms with Gasteiger partial charge in [0.25, 0.3) is 7.82 Å². The molecule has 0 saturated heterocycles. The Bertz CT molecular complexity index is 1640. The van der Waals surface area contributed by atoms with Gasteiger partial charge in [0.15, 0.2) is 0 Å². The summed E-state index contributed by atoms with van der Waals surface area (Å²) in [7, 11) is 1.22. The van der Waals surface area contributed by atoms with Crippen molar-refractivity contribution in [1.82, 2.24) is 5.32 Å². The van der Waals surface area contributed by atoms with Gasteiger partial charge in [-0.25, -0.2) is 0 Å². The number of phosphoric ester groups is 1. The number of carbonyl (C=O) groups is 1. The monoisotopic (exact) mass is 1110 g/mol. The van der Waals surface area contributed by atoms with Gasteiger partial charge in [-0.1, -0.05) is 277 Å². The maximum atomic E-state index is 13.0. The number of carbonyl (C=O) groups excluding carboxylic acids is 1. The molecule has 0 aliphatic rings. The predicted molar refractivity (Wildman–Crippen MR) is 339 cm³/mol. The highest BCUT2D eigenvalue weighted by atomic mass is 31.2. The van der Waals surface area contributed by atoms with E-state index in [0.717, 1.165) is 96.3 Å². The number of nitrogens with one attached hydrogen (secondary N) is 1. The number of phosphoric acid groups is 1. The van der Waals surface area contributed by atoms with Gasteiger partial charge in [0.2, 0.25) is 5.91 Å². The van der Waals surface area contributed by atoms with Crippen molar-refractivity contribution in [3.63, 3.8) is 0 Å². The summed E-state index contributed by atoms with van der Waals surface area (Å²) in [4.78, 5) is 25.6. The van der Waals surface area contributed by atoms with Gasteiger partial charge in [-0.3, -0.25) is 9.36 Å². The van der Waals surface area contributed by atoms with E-state index in [9.17, 15) is 19.4 Å². The summed E-state index contributed by atoms with van der Waals surface area (Å²) in [6.07, 6.45) is 86.2. The summed E-state index contributed by atoms with van der Waals surface area (Å²) in [5.74, 6) is -0.223. The van der Waals surface area contributed by atoms with Crippen LogP contribution in [0, 0.1) is 0 Å². The summed E-state index contributed by atoms with van der Waals surface area (Å²) < 4.78 is 23.4. The van der Waals surface area contributed by atoms with Gasteiger partial charge in [-0.05, 0) is 96.3 Å². The standard InChI is InChI=1S/C69H123N2O6P/c1-6-8-10-12-14-16-18-20-22-24-26-28-30-32-34-35-37-38-40-42-44-46-48-50-52-54-56-58-60-62-68(72)67(66-77-78(74,75)76-65-64-71(3,4)5)70-69(73)63-61-59-57-55-53-51-49-47-45-43-41-39-36-33-31-29-27-25-23-21-19-17-15-13-11-9-7-2/h9,11,15,17,21,23,27,29,33,36,41,43-44,46,52,54,60,62,67-68,72H,6-8,10,12-14,16,18-20,22,24-26,28,30-32,34-35,37-40,42,45,47-51,53,55-59,61,63-66H2,1-5H3,(H-,70,73,74,75)/b11-9-,17-15-,23-21-,29-27-,36-33-,43-41-,46-44+,54-52+,62-60+. The number of aliphatic hydroxyl groups excluding tert-OH is 1. The zero-order chi connectivity index (χ0) is 57.0. The third-order valence-corrected chi connectivity index (χ3v) is 14.9. The van der Waals surface area contributed by atoms with Crippen LogP contribution in [0.1, 0.15) is 271 Å². The van der Waals surface area contributed by atoms with Crippen LogP contribution in [0.3, 0.4) is 0 Å². The highest BCUT2D eigenvalue weighted by Crippen LogP contribution is 2.38. The number of likely N-dealkylation sites (N-methyl/N-ethyl adjacent to an activating group) is 1. The van der Waals surface area contributed by atoms with Gasteiger partial charge in [-0.15, -0.1) is 0 Å². The van der Waals surface area contributed by atoms with Crippen LogP contribution in [0.5, 0.6) is 0 Å². The van der Waals surface area contributed by atoms with Crippen molar-refractivity contribution >= 4 is 13.7 Å². The highest BCUT2D eigenvalue weighted by molar-refractivity contribution is 7.45. The first kappa shape index (κ1) is 75.2. The Morgan fingerprint density at radius 3 is 1.19 bits per heavy atom. The van der Waals surface area contributed by atoms with Crippen molar-refractivity contribution in [3.8, 4) is 0 Å². The van der Waals surface area contributed by atoms with E-state index in [0.29, 0.717) is 17.4 Å². The van der Waals surface area contributed by atoms with Crippen molar-refractivity contribution in [1.29, 1.82) is 0 Å². The lowest BCUT2D eigenvalue weighted by Gasteiger charge is -2.29. The zero-order valence-corrected chi connectivity index (χ0v) is 52.2. The van der Waals surface area contributed by atoms with Gasteiger partial charge in [0.05, 0.1) is 39.9 Å². The van der Waals surface area contributed by atoms with E-state index < -0.39 is 26.6 Å². The first-order valence-electron chi connectivity index (χ1n) is 32.2. The smallest absolute Gasteiger partial charge is 0.268 e. The molecule has 0 aliphatic heterocycles. The molecule has 78 heavy (non-hydrogen) atoms. The van der Waals surface area contributed by atoms with Gasteiger partial charge in [0.1, 0.15) is 13.2 Å². The topological polar surface area (TPSA) is 108 Å². The molecule has 1 amide bonds. The van der Waals surface area contributed by atoms with Crippen LogP contribution in [0.15, 0.2) is 109 Å². The molecule has 3 atom stereocenters. The lowest BCUT2D eigenvalue weighted by atomic mass is 10.0. The first-order valence-corrected chi connectivity index (χ1v) is 33.7. The summed E-state index contributed by atoms with van der Waals surface area (Å²) in [5.41, 5.74) is 0. The number of amides is 1. The maximum absolute atomic E-state index is 13.0. The molecule has 0 bridgehead atoms. The van der Waals surface area contributed by atoms with Gasteiger partial charge >= 0.3 is 0 Å². The molecule has 0 aromatic heterocycles. The molecule has 0 fully saturated rings. The first-order chi connectivity index (χ1) is 38.0. The summed E-state index contributed by atoms with van der Waals surface area (Å²) in [5, 5.41) is 13.9. The van der Waals surface area contributed by atoms with Gasteiger partial charge in [-0.2, -0.15) is 0 Å². The molecular formula is C69H123N2O6P. The molecule has 0 saturated carbocycles. The van der Waals surface area contributed by atoms with Crippen LogP contribution in [0.25, 0.3) is 0 Å². The number of hydrogen-bond donors (Lipinski definition) is 2. The fourth-order valence-corrected chi connectivity index (χ4v) is 9.68. The van der Waals surface area contributed by atoms with E-state index in [2.05, 4.69) is 116 Å². The third-order valence-electron chi connectivity index (χ3n) is 13.9. The Morgan fingerprint density at radius 1 is 0.462 bits per heavy atom. The second-order valence-corrected chi connectivity index (χ2v) is 24.1. The molecule has 0 heterocycles. The minimum absolute atomic E-state index is 0.0163. The number of nitrogens with zero attached hydrogens (tertiary/aromatic N) is 1. The Kier molecular flexibility index (Phi) is 56.7. The van der Waals surface area contributed by atoms with Crippen LogP contribution < -0.4 is 10.2 Å². The Labute approximate surface area is 482 Å². The van der Waals surface area contributed by atoms with Crippen molar-refractivity contribution in [2.75, 3.05) is 40.9 Å². The molecule has 3 unspecified atom stereocenters. The summed E-state index contributed by atoms with van der Waals surface area (Å²) in [6, 6.07) is -0.924. The number of aliphatic hydroxyl groups is 1. The van der Waals surface area contributed by atoms with Crippen molar-refractivity contribution in [3.05, 3.63) is 109 Å². The Hall–Kier alpha value is -2.84. The molecule has 8 nitrogen and oxygen atoms in total. The largest absolute Gasteiger partial charge is 0.756 e. The van der Waals surface area contributed by atoms with Crippen LogP contribution in [-0.4, -0.2) is 68.5 Å². The molecule has 2 N–H and O–H groups in total. The minimum Gasteiger partial charge on any atom is -0.756 e. The molecule has 0 aromatic rings. The van der Waals surface area contributed by atoms with E-state index in [1.165, 1.54) is 154 Å². The minimum atomic E-state index is -4.62. The molecule has 0 rings (SSSR count). The maximum Gasteiger partial charge on any atom is 0.268 e. The Balaban J connectivity index is 4.26. The normalized spacial score (nSPS) is 14.5. The van der Waals surface area contributed by atoms with Crippen molar-refractivity contribution in [2.24, 2.45) is 0 Å². The van der Waals surface area contributed by atoms with E-state index in [1.807, 2.05) is 27.2 Å². The predicted octanol–water partition coefficient (Wildman–Crippen LogP) is 19.7. The molecule has 0 spiro atoms.